The minimum absolute atomic E-state index is 0.0175. The molecule has 0 radical (unpaired) electrons. The van der Waals surface area contributed by atoms with E-state index in [9.17, 15) is 19.5 Å². The number of amides is 2. The van der Waals surface area contributed by atoms with E-state index in [1.807, 2.05) is 36.4 Å². The Bertz CT molecular complexity index is 1060. The van der Waals surface area contributed by atoms with E-state index >= 15 is 0 Å². The highest BCUT2D eigenvalue weighted by molar-refractivity contribution is 8.02. The highest BCUT2D eigenvalue weighted by atomic mass is 32.2. The highest BCUT2D eigenvalue weighted by Gasteiger charge is 2.70. The number of methoxy groups -OCH3 is 1. The quantitative estimate of drug-likeness (QED) is 0.365. The Balaban J connectivity index is 1.57. The molecular weight excluding hydrogens is 468 g/mol. The van der Waals surface area contributed by atoms with Gasteiger partial charge in [0.1, 0.15) is 11.8 Å². The molecule has 4 heterocycles. The number of carbonyl (C=O) groups excluding carboxylic acids is 3. The molecule has 1 aromatic rings. The Morgan fingerprint density at radius 3 is 2.69 bits per heavy atom. The number of rotatable bonds is 6. The molecule has 0 aliphatic carbocycles. The average Bonchev–Trinajstić information content (AvgIpc) is 3.23. The Hall–Kier alpha value is -2.78. The number of aliphatic hydroxyl groups is 1. The normalized spacial score (nSPS) is 31.9. The molecule has 9 heteroatoms. The predicted octanol–water partition coefficient (Wildman–Crippen LogP) is 2.17. The van der Waals surface area contributed by atoms with Crippen molar-refractivity contribution in [3.8, 4) is 5.75 Å². The summed E-state index contributed by atoms with van der Waals surface area (Å²) in [5.41, 5.74) is 0.719. The third kappa shape index (κ3) is 3.94. The lowest BCUT2D eigenvalue weighted by Crippen LogP contribution is -2.53. The molecule has 5 atom stereocenters. The summed E-state index contributed by atoms with van der Waals surface area (Å²) in [4.78, 5) is 44.5. The van der Waals surface area contributed by atoms with Gasteiger partial charge in [0.25, 0.3) is 5.91 Å². The number of esters is 1. The molecule has 0 saturated carbocycles. The highest BCUT2D eigenvalue weighted by Crippen LogP contribution is 2.60. The Morgan fingerprint density at radius 1 is 1.14 bits per heavy atom. The summed E-state index contributed by atoms with van der Waals surface area (Å²) in [6.45, 7) is 1.02. The molecule has 186 valence electrons. The van der Waals surface area contributed by atoms with Crippen LogP contribution in [0.3, 0.4) is 0 Å². The molecule has 2 saturated heterocycles. The lowest BCUT2D eigenvalue weighted by Gasteiger charge is -2.35. The minimum atomic E-state index is -0.863. The summed E-state index contributed by atoms with van der Waals surface area (Å²) < 4.78 is 9.89. The van der Waals surface area contributed by atoms with Gasteiger partial charge < -0.3 is 24.4 Å². The van der Waals surface area contributed by atoms with Gasteiger partial charge in [0.15, 0.2) is 0 Å². The fourth-order valence-electron chi connectivity index (χ4n) is 5.73. The smallest absolute Gasteiger partial charge is 0.311 e. The van der Waals surface area contributed by atoms with Crippen molar-refractivity contribution in [3.05, 3.63) is 48.6 Å². The number of likely N-dealkylation sites (tertiary alicyclic amines) is 1. The maximum absolute atomic E-state index is 14.2. The number of unbranched alkanes of at least 4 members (excludes halogenated alkanes) is 1. The van der Waals surface area contributed by atoms with Crippen LogP contribution < -0.4 is 9.64 Å². The topological polar surface area (TPSA) is 96.4 Å². The van der Waals surface area contributed by atoms with Crippen LogP contribution in [-0.4, -0.2) is 77.2 Å². The Labute approximate surface area is 208 Å². The number of hydrogen-bond donors (Lipinski definition) is 1. The first kappa shape index (κ1) is 23.9. The largest absolute Gasteiger partial charge is 0.497 e. The van der Waals surface area contributed by atoms with Gasteiger partial charge in [0, 0.05) is 30.6 Å². The number of hydrogen-bond acceptors (Lipinski definition) is 7. The maximum atomic E-state index is 14.2. The summed E-state index contributed by atoms with van der Waals surface area (Å²) in [5.74, 6) is -1.34. The van der Waals surface area contributed by atoms with Gasteiger partial charge in [0.05, 0.1) is 30.3 Å². The molecule has 2 fully saturated rings. The van der Waals surface area contributed by atoms with Gasteiger partial charge in [0.2, 0.25) is 5.91 Å². The number of fused-ring (bicyclic) bond motifs is 2. The lowest BCUT2D eigenvalue weighted by atomic mass is 9.78. The van der Waals surface area contributed by atoms with Crippen LogP contribution in [0.4, 0.5) is 5.69 Å². The van der Waals surface area contributed by atoms with E-state index in [1.165, 1.54) is 11.8 Å². The van der Waals surface area contributed by atoms with Gasteiger partial charge in [-0.3, -0.25) is 14.4 Å². The number of aliphatic hydroxyl groups excluding tert-OH is 1. The zero-order chi connectivity index (χ0) is 24.6. The van der Waals surface area contributed by atoms with Gasteiger partial charge in [-0.05, 0) is 43.5 Å². The molecule has 1 unspecified atom stereocenters. The molecule has 5 rings (SSSR count). The van der Waals surface area contributed by atoms with Gasteiger partial charge in [-0.15, -0.1) is 11.8 Å². The van der Waals surface area contributed by atoms with E-state index < -0.39 is 22.6 Å². The monoisotopic (exact) mass is 498 g/mol. The number of cyclic esters (lactones) is 1. The van der Waals surface area contributed by atoms with Gasteiger partial charge in [-0.25, -0.2) is 0 Å². The molecule has 8 nitrogen and oxygen atoms in total. The van der Waals surface area contributed by atoms with Crippen molar-refractivity contribution in [2.24, 2.45) is 11.8 Å². The molecule has 35 heavy (non-hydrogen) atoms. The number of ether oxygens (including phenoxy) is 2. The van der Waals surface area contributed by atoms with Crippen molar-refractivity contribution in [1.82, 2.24) is 4.90 Å². The molecule has 1 aromatic carbocycles. The first-order valence-corrected chi connectivity index (χ1v) is 13.0. The molecule has 0 aromatic heterocycles. The summed E-state index contributed by atoms with van der Waals surface area (Å²) in [6.07, 6.45) is 9.68. The number of thioether (sulfide) groups is 1. The molecule has 2 amide bonds. The summed E-state index contributed by atoms with van der Waals surface area (Å²) in [7, 11) is 1.59. The average molecular weight is 499 g/mol. The van der Waals surface area contributed by atoms with Gasteiger partial charge >= 0.3 is 5.97 Å². The van der Waals surface area contributed by atoms with Crippen molar-refractivity contribution in [2.75, 3.05) is 38.3 Å². The summed E-state index contributed by atoms with van der Waals surface area (Å²) >= 11 is 1.54. The second-order valence-electron chi connectivity index (χ2n) is 9.24. The SMILES string of the molecule is COc1ccc(N2CC=C[C@]34S[C@H]5C=CCCOC(=O)[C@H]5[C@H]3C(=O)N(CCCCO)C4C2=O)cc1. The standard InChI is InChI=1S/C26H30N2O6S/c1-33-18-10-8-17(9-11-18)27-14-6-12-26-21(20-19(35-26)7-2-5-16-34-25(20)32)23(30)28(13-3-4-15-29)22(26)24(27)31/h2,6-12,19-22,29H,3-5,13-16H2,1H3/t19-,20+,21-,22?,26-/m0/s1. The van der Waals surface area contributed by atoms with Crippen molar-refractivity contribution >= 4 is 35.2 Å². The van der Waals surface area contributed by atoms with Crippen LogP contribution in [0.25, 0.3) is 0 Å². The van der Waals surface area contributed by atoms with Crippen molar-refractivity contribution in [2.45, 2.75) is 35.3 Å². The van der Waals surface area contributed by atoms with Crippen LogP contribution in [0.2, 0.25) is 0 Å². The zero-order valence-corrected chi connectivity index (χ0v) is 20.5. The van der Waals surface area contributed by atoms with E-state index in [1.54, 1.807) is 29.0 Å². The lowest BCUT2D eigenvalue weighted by molar-refractivity contribution is -0.153. The molecule has 1 spiro atoms. The van der Waals surface area contributed by atoms with E-state index in [2.05, 4.69) is 0 Å². The zero-order valence-electron chi connectivity index (χ0n) is 19.7. The summed E-state index contributed by atoms with van der Waals surface area (Å²) in [6, 6.07) is 6.54. The summed E-state index contributed by atoms with van der Waals surface area (Å²) in [5, 5.41) is 9.07. The number of benzene rings is 1. The van der Waals surface area contributed by atoms with Crippen LogP contribution >= 0.6 is 11.8 Å². The molecule has 4 aliphatic heterocycles. The van der Waals surface area contributed by atoms with Gasteiger partial charge in [-0.2, -0.15) is 0 Å². The van der Waals surface area contributed by atoms with Crippen LogP contribution in [0.1, 0.15) is 19.3 Å². The van der Waals surface area contributed by atoms with E-state index in [0.717, 1.165) is 5.69 Å². The number of carbonyl (C=O) groups is 3. The second kappa shape index (κ2) is 9.70. The second-order valence-corrected chi connectivity index (χ2v) is 10.7. The van der Waals surface area contributed by atoms with Crippen LogP contribution in [0.15, 0.2) is 48.6 Å². The third-order valence-corrected chi connectivity index (χ3v) is 9.06. The van der Waals surface area contributed by atoms with Crippen molar-refractivity contribution < 1.29 is 29.0 Å². The van der Waals surface area contributed by atoms with Crippen molar-refractivity contribution in [3.63, 3.8) is 0 Å². The van der Waals surface area contributed by atoms with E-state index in [0.29, 0.717) is 44.7 Å². The fourth-order valence-corrected chi connectivity index (χ4v) is 7.74. The minimum Gasteiger partial charge on any atom is -0.497 e. The van der Waals surface area contributed by atoms with E-state index in [-0.39, 0.29) is 29.6 Å². The number of anilines is 1. The first-order valence-electron chi connectivity index (χ1n) is 12.1. The van der Waals surface area contributed by atoms with Crippen LogP contribution in [-0.2, 0) is 19.1 Å². The Morgan fingerprint density at radius 2 is 1.94 bits per heavy atom. The molecule has 4 aliphatic rings. The maximum Gasteiger partial charge on any atom is 0.311 e. The van der Waals surface area contributed by atoms with Gasteiger partial charge in [-0.1, -0.05) is 24.3 Å². The molecule has 1 N–H and O–H groups in total. The fraction of sp³-hybridized carbons (Fsp3) is 0.500. The van der Waals surface area contributed by atoms with E-state index in [4.69, 9.17) is 9.47 Å². The predicted molar refractivity (Wildman–Crippen MR) is 132 cm³/mol. The van der Waals surface area contributed by atoms with Crippen LogP contribution in [0, 0.1) is 11.8 Å². The van der Waals surface area contributed by atoms with Crippen LogP contribution in [0.5, 0.6) is 5.75 Å². The molecular formula is C26H30N2O6S. The Kier molecular flexibility index (Phi) is 6.63. The third-order valence-electron chi connectivity index (χ3n) is 7.31. The molecule has 0 bridgehead atoms. The van der Waals surface area contributed by atoms with Crippen molar-refractivity contribution in [1.29, 1.82) is 0 Å². The number of nitrogens with zero attached hydrogens (tertiary/aromatic N) is 2. The first-order chi connectivity index (χ1) is 17.0.